The van der Waals surface area contributed by atoms with Crippen molar-refractivity contribution in [3.8, 4) is 23.0 Å². The van der Waals surface area contributed by atoms with Crippen molar-refractivity contribution in [1.29, 1.82) is 0 Å². The van der Waals surface area contributed by atoms with E-state index in [-0.39, 0.29) is 11.5 Å². The van der Waals surface area contributed by atoms with Crippen LogP contribution < -0.4 is 18.9 Å². The Morgan fingerprint density at radius 1 is 0.853 bits per heavy atom. The number of rotatable bonds is 9. The van der Waals surface area contributed by atoms with Crippen LogP contribution in [0.25, 0.3) is 0 Å². The zero-order valence-electron chi connectivity index (χ0n) is 19.9. The van der Waals surface area contributed by atoms with Gasteiger partial charge in [0.2, 0.25) is 5.75 Å². The second kappa shape index (κ2) is 11.2. The SMILES string of the molecule is COc1cc(C)c(C(OC(C)=O)c2cccc(OCc3ccccc3)c2)c(OC(C)=O)c1OC. The molecule has 0 aliphatic rings. The molecule has 0 N–H and O–H groups in total. The highest BCUT2D eigenvalue weighted by Crippen LogP contribution is 2.47. The number of carbonyl (C=O) groups excluding carboxylic acids is 2. The van der Waals surface area contributed by atoms with E-state index in [4.69, 9.17) is 23.7 Å². The first kappa shape index (κ1) is 24.6. The molecule has 7 heteroatoms. The summed E-state index contributed by atoms with van der Waals surface area (Å²) in [5.74, 6) is 0.310. The predicted octanol–water partition coefficient (Wildman–Crippen LogP) is 5.17. The maximum Gasteiger partial charge on any atom is 0.308 e. The number of aryl methyl sites for hydroxylation is 1. The summed E-state index contributed by atoms with van der Waals surface area (Å²) >= 11 is 0. The van der Waals surface area contributed by atoms with Gasteiger partial charge in [0, 0.05) is 25.0 Å². The maximum absolute atomic E-state index is 12.1. The van der Waals surface area contributed by atoms with Crippen molar-refractivity contribution in [3.05, 3.63) is 82.9 Å². The molecule has 0 amide bonds. The molecule has 3 aromatic rings. The second-order valence-corrected chi connectivity index (χ2v) is 7.60. The number of ether oxygens (including phenoxy) is 5. The first-order valence-corrected chi connectivity index (χ1v) is 10.7. The summed E-state index contributed by atoms with van der Waals surface area (Å²) in [6.07, 6.45) is -0.882. The molecule has 0 radical (unpaired) electrons. The molecular formula is C27H28O7. The molecular weight excluding hydrogens is 436 g/mol. The number of hydrogen-bond acceptors (Lipinski definition) is 7. The smallest absolute Gasteiger partial charge is 0.308 e. The van der Waals surface area contributed by atoms with E-state index in [0.29, 0.717) is 34.8 Å². The van der Waals surface area contributed by atoms with Crippen LogP contribution in [0.4, 0.5) is 0 Å². The quantitative estimate of drug-likeness (QED) is 0.319. The van der Waals surface area contributed by atoms with Gasteiger partial charge in [-0.25, -0.2) is 0 Å². The van der Waals surface area contributed by atoms with Gasteiger partial charge in [0.1, 0.15) is 12.4 Å². The lowest BCUT2D eigenvalue weighted by molar-refractivity contribution is -0.144. The van der Waals surface area contributed by atoms with Crippen molar-refractivity contribution in [3.63, 3.8) is 0 Å². The Morgan fingerprint density at radius 2 is 1.59 bits per heavy atom. The zero-order valence-corrected chi connectivity index (χ0v) is 19.9. The Balaban J connectivity index is 2.09. The van der Waals surface area contributed by atoms with Gasteiger partial charge < -0.3 is 23.7 Å². The highest BCUT2D eigenvalue weighted by atomic mass is 16.6. The molecule has 0 aliphatic heterocycles. The third-order valence-electron chi connectivity index (χ3n) is 5.07. The number of benzene rings is 3. The Hall–Kier alpha value is -4.00. The molecule has 0 spiro atoms. The van der Waals surface area contributed by atoms with Crippen LogP contribution >= 0.6 is 0 Å². The van der Waals surface area contributed by atoms with Crippen LogP contribution in [-0.2, 0) is 20.9 Å². The predicted molar refractivity (Wildman–Crippen MR) is 126 cm³/mol. The van der Waals surface area contributed by atoms with Crippen molar-refractivity contribution < 1.29 is 33.3 Å². The first-order valence-electron chi connectivity index (χ1n) is 10.7. The zero-order chi connectivity index (χ0) is 24.7. The Labute approximate surface area is 199 Å². The van der Waals surface area contributed by atoms with E-state index < -0.39 is 18.0 Å². The van der Waals surface area contributed by atoms with E-state index in [0.717, 1.165) is 5.56 Å². The minimum absolute atomic E-state index is 0.133. The minimum atomic E-state index is -0.882. The maximum atomic E-state index is 12.1. The number of carbonyl (C=O) groups is 2. The summed E-state index contributed by atoms with van der Waals surface area (Å²) in [5, 5.41) is 0. The summed E-state index contributed by atoms with van der Waals surface area (Å²) in [5.41, 5.74) is 2.83. The van der Waals surface area contributed by atoms with E-state index >= 15 is 0 Å². The number of hydrogen-bond donors (Lipinski definition) is 0. The van der Waals surface area contributed by atoms with Gasteiger partial charge in [-0.1, -0.05) is 42.5 Å². The molecule has 7 nitrogen and oxygen atoms in total. The third-order valence-corrected chi connectivity index (χ3v) is 5.07. The van der Waals surface area contributed by atoms with Crippen molar-refractivity contribution in [2.75, 3.05) is 14.2 Å². The van der Waals surface area contributed by atoms with Crippen LogP contribution in [-0.4, -0.2) is 26.2 Å². The monoisotopic (exact) mass is 464 g/mol. The minimum Gasteiger partial charge on any atom is -0.493 e. The lowest BCUT2D eigenvalue weighted by Gasteiger charge is -2.25. The molecule has 3 rings (SSSR count). The van der Waals surface area contributed by atoms with Gasteiger partial charge in [-0.2, -0.15) is 0 Å². The van der Waals surface area contributed by atoms with E-state index in [1.54, 1.807) is 12.1 Å². The van der Waals surface area contributed by atoms with Crippen LogP contribution in [0.3, 0.4) is 0 Å². The molecule has 178 valence electrons. The van der Waals surface area contributed by atoms with Gasteiger partial charge in [-0.3, -0.25) is 9.59 Å². The summed E-state index contributed by atoms with van der Waals surface area (Å²) < 4.78 is 28.1. The second-order valence-electron chi connectivity index (χ2n) is 7.60. The normalized spacial score (nSPS) is 11.3. The van der Waals surface area contributed by atoms with E-state index in [1.807, 2.05) is 55.5 Å². The van der Waals surface area contributed by atoms with Crippen molar-refractivity contribution in [2.45, 2.75) is 33.5 Å². The fourth-order valence-electron chi connectivity index (χ4n) is 3.64. The Morgan fingerprint density at radius 3 is 2.21 bits per heavy atom. The highest BCUT2D eigenvalue weighted by molar-refractivity contribution is 5.74. The molecule has 0 bridgehead atoms. The van der Waals surface area contributed by atoms with Crippen LogP contribution in [0.2, 0.25) is 0 Å². The van der Waals surface area contributed by atoms with Gasteiger partial charge in [0.05, 0.1) is 14.2 Å². The van der Waals surface area contributed by atoms with Crippen molar-refractivity contribution >= 4 is 11.9 Å². The van der Waals surface area contributed by atoms with Crippen LogP contribution in [0, 0.1) is 6.92 Å². The number of methoxy groups -OCH3 is 2. The molecule has 0 saturated carbocycles. The molecule has 34 heavy (non-hydrogen) atoms. The van der Waals surface area contributed by atoms with Gasteiger partial charge in [-0.05, 0) is 36.2 Å². The highest BCUT2D eigenvalue weighted by Gasteiger charge is 2.30. The molecule has 1 atom stereocenters. The van der Waals surface area contributed by atoms with E-state index in [9.17, 15) is 9.59 Å². The summed E-state index contributed by atoms with van der Waals surface area (Å²) in [7, 11) is 2.94. The van der Waals surface area contributed by atoms with E-state index in [1.165, 1.54) is 28.1 Å². The van der Waals surface area contributed by atoms with Gasteiger partial charge in [0.25, 0.3) is 0 Å². The average molecular weight is 465 g/mol. The summed E-state index contributed by atoms with van der Waals surface area (Å²) in [6, 6.07) is 18.8. The fraction of sp³-hybridized carbons (Fsp3) is 0.259. The molecule has 0 aromatic heterocycles. The Kier molecular flexibility index (Phi) is 8.14. The molecule has 3 aromatic carbocycles. The number of esters is 2. The van der Waals surface area contributed by atoms with Gasteiger partial charge in [-0.15, -0.1) is 0 Å². The van der Waals surface area contributed by atoms with Crippen LogP contribution in [0.15, 0.2) is 60.7 Å². The van der Waals surface area contributed by atoms with E-state index in [2.05, 4.69) is 0 Å². The lowest BCUT2D eigenvalue weighted by Crippen LogP contribution is -2.16. The lowest BCUT2D eigenvalue weighted by atomic mass is 9.95. The fourth-order valence-corrected chi connectivity index (χ4v) is 3.64. The van der Waals surface area contributed by atoms with Crippen molar-refractivity contribution in [1.82, 2.24) is 0 Å². The largest absolute Gasteiger partial charge is 0.493 e. The first-order chi connectivity index (χ1) is 16.3. The van der Waals surface area contributed by atoms with Crippen LogP contribution in [0.5, 0.6) is 23.0 Å². The third kappa shape index (κ3) is 5.86. The summed E-state index contributed by atoms with van der Waals surface area (Å²) in [4.78, 5) is 24.1. The van der Waals surface area contributed by atoms with Gasteiger partial charge >= 0.3 is 11.9 Å². The average Bonchev–Trinajstić information content (AvgIpc) is 2.82. The van der Waals surface area contributed by atoms with Crippen LogP contribution in [0.1, 0.15) is 42.2 Å². The molecule has 0 fully saturated rings. The van der Waals surface area contributed by atoms with Gasteiger partial charge in [0.15, 0.2) is 17.6 Å². The molecule has 0 saturated heterocycles. The summed E-state index contributed by atoms with van der Waals surface area (Å²) in [6.45, 7) is 4.81. The topological polar surface area (TPSA) is 80.3 Å². The van der Waals surface area contributed by atoms with Crippen molar-refractivity contribution in [2.24, 2.45) is 0 Å². The molecule has 1 unspecified atom stereocenters. The molecule has 0 heterocycles. The Bertz CT molecular complexity index is 1160. The molecule has 0 aliphatic carbocycles. The standard InChI is InChI=1S/C27H28O7/c1-17-14-23(30-4)26(31-5)27(34-19(3)29)24(17)25(33-18(2)28)21-12-9-13-22(15-21)32-16-20-10-7-6-8-11-20/h6-15,25H,16H2,1-5H3.